The van der Waals surface area contributed by atoms with Crippen LogP contribution in [0.2, 0.25) is 0 Å². The van der Waals surface area contributed by atoms with Crippen molar-refractivity contribution in [3.8, 4) is 5.75 Å². The van der Waals surface area contributed by atoms with Crippen LogP contribution in [0, 0.1) is 5.41 Å². The van der Waals surface area contributed by atoms with E-state index in [1.54, 1.807) is 7.11 Å². The van der Waals surface area contributed by atoms with E-state index in [4.69, 9.17) is 10.5 Å². The summed E-state index contributed by atoms with van der Waals surface area (Å²) in [7, 11) is 3.83. The van der Waals surface area contributed by atoms with Crippen molar-refractivity contribution in [2.75, 3.05) is 20.7 Å². The van der Waals surface area contributed by atoms with Crippen molar-refractivity contribution < 1.29 is 4.74 Å². The molecule has 0 bridgehead atoms. The van der Waals surface area contributed by atoms with Gasteiger partial charge in [-0.2, -0.15) is 0 Å². The first-order valence-electron chi connectivity index (χ1n) is 6.90. The Morgan fingerprint density at radius 2 is 2.00 bits per heavy atom. The first kappa shape index (κ1) is 16.0. The molecule has 0 spiro atoms. The van der Waals surface area contributed by atoms with E-state index in [-0.39, 0.29) is 11.5 Å². The molecular weight excluding hydrogens is 236 g/mol. The zero-order valence-corrected chi connectivity index (χ0v) is 12.9. The number of rotatable bonds is 6. The Morgan fingerprint density at radius 3 is 2.58 bits per heavy atom. The first-order chi connectivity index (χ1) is 8.82. The fraction of sp³-hybridized carbons (Fsp3) is 0.625. The second-order valence-corrected chi connectivity index (χ2v) is 6.35. The molecule has 1 aromatic rings. The third-order valence-corrected chi connectivity index (χ3v) is 3.52. The van der Waals surface area contributed by atoms with Crippen LogP contribution in [0.5, 0.6) is 5.75 Å². The second-order valence-electron chi connectivity index (χ2n) is 6.35. The molecule has 3 heteroatoms. The summed E-state index contributed by atoms with van der Waals surface area (Å²) in [6.07, 6.45) is 1.02. The number of hydrogen-bond donors (Lipinski definition) is 1. The number of nitrogens with zero attached hydrogens (tertiary/aromatic N) is 1. The van der Waals surface area contributed by atoms with Gasteiger partial charge in [0, 0.05) is 12.6 Å². The lowest BCUT2D eigenvalue weighted by Crippen LogP contribution is -2.37. The lowest BCUT2D eigenvalue weighted by atomic mass is 9.85. The molecule has 0 fully saturated rings. The average Bonchev–Trinajstić information content (AvgIpc) is 2.35. The van der Waals surface area contributed by atoms with Gasteiger partial charge in [0.1, 0.15) is 5.75 Å². The van der Waals surface area contributed by atoms with Crippen molar-refractivity contribution in [3.63, 3.8) is 0 Å². The maximum absolute atomic E-state index is 6.19. The van der Waals surface area contributed by atoms with Gasteiger partial charge in [0.05, 0.1) is 7.11 Å². The lowest BCUT2D eigenvalue weighted by Gasteiger charge is -2.28. The Bertz CT molecular complexity index is 385. The maximum Gasteiger partial charge on any atom is 0.119 e. The van der Waals surface area contributed by atoms with E-state index in [2.05, 4.69) is 44.9 Å². The number of nitrogens with two attached hydrogens (primary N) is 1. The summed E-state index contributed by atoms with van der Waals surface area (Å²) in [5, 5.41) is 0. The van der Waals surface area contributed by atoms with Crippen LogP contribution in [0.15, 0.2) is 24.3 Å². The van der Waals surface area contributed by atoms with Crippen LogP contribution in [0.4, 0.5) is 0 Å². The third-order valence-electron chi connectivity index (χ3n) is 3.52. The van der Waals surface area contributed by atoms with Gasteiger partial charge in [-0.1, -0.05) is 32.9 Å². The van der Waals surface area contributed by atoms with Crippen molar-refractivity contribution in [3.05, 3.63) is 29.8 Å². The van der Waals surface area contributed by atoms with Crippen LogP contribution in [-0.2, 0) is 6.54 Å². The molecule has 0 saturated carbocycles. The number of hydrogen-bond acceptors (Lipinski definition) is 3. The fourth-order valence-corrected chi connectivity index (χ4v) is 1.95. The van der Waals surface area contributed by atoms with E-state index < -0.39 is 0 Å². The highest BCUT2D eigenvalue weighted by Gasteiger charge is 2.20. The molecular formula is C16H28N2O. The molecule has 0 heterocycles. The van der Waals surface area contributed by atoms with E-state index in [9.17, 15) is 0 Å². The predicted molar refractivity (Wildman–Crippen MR) is 81.4 cm³/mol. The molecule has 0 aromatic heterocycles. The molecule has 0 radical (unpaired) electrons. The predicted octanol–water partition coefficient (Wildman–Crippen LogP) is 2.89. The summed E-state index contributed by atoms with van der Waals surface area (Å²) in [5.41, 5.74) is 7.64. The smallest absolute Gasteiger partial charge is 0.119 e. The van der Waals surface area contributed by atoms with Gasteiger partial charge in [0.25, 0.3) is 0 Å². The van der Waals surface area contributed by atoms with Crippen molar-refractivity contribution in [1.29, 1.82) is 0 Å². The molecule has 19 heavy (non-hydrogen) atoms. The van der Waals surface area contributed by atoms with Crippen LogP contribution >= 0.6 is 0 Å². The van der Waals surface area contributed by atoms with Crippen LogP contribution in [0.3, 0.4) is 0 Å². The van der Waals surface area contributed by atoms with Crippen LogP contribution < -0.4 is 10.5 Å². The van der Waals surface area contributed by atoms with Gasteiger partial charge in [0.2, 0.25) is 0 Å². The molecule has 0 amide bonds. The highest BCUT2D eigenvalue weighted by Crippen LogP contribution is 2.20. The Morgan fingerprint density at radius 1 is 1.32 bits per heavy atom. The minimum absolute atomic E-state index is 0.177. The SMILES string of the molecule is COc1cccc(CN(C)CCC(N)C(C)(C)C)c1. The topological polar surface area (TPSA) is 38.5 Å². The summed E-state index contributed by atoms with van der Waals surface area (Å²) in [5.74, 6) is 0.914. The Labute approximate surface area is 117 Å². The molecule has 0 aliphatic heterocycles. The van der Waals surface area contributed by atoms with Gasteiger partial charge in [0.15, 0.2) is 0 Å². The first-order valence-corrected chi connectivity index (χ1v) is 6.90. The van der Waals surface area contributed by atoms with Crippen LogP contribution in [-0.4, -0.2) is 31.6 Å². The second kappa shape index (κ2) is 6.92. The number of ether oxygens (including phenoxy) is 1. The average molecular weight is 264 g/mol. The molecule has 1 rings (SSSR count). The highest BCUT2D eigenvalue weighted by atomic mass is 16.5. The maximum atomic E-state index is 6.19. The molecule has 0 aliphatic carbocycles. The Hall–Kier alpha value is -1.06. The van der Waals surface area contributed by atoms with Gasteiger partial charge in [-0.05, 0) is 43.1 Å². The zero-order chi connectivity index (χ0) is 14.5. The minimum Gasteiger partial charge on any atom is -0.497 e. The van der Waals surface area contributed by atoms with Crippen LogP contribution in [0.1, 0.15) is 32.8 Å². The minimum atomic E-state index is 0.177. The Kier molecular flexibility index (Phi) is 5.83. The third kappa shape index (κ3) is 5.62. The normalized spacial score (nSPS) is 13.6. The molecule has 0 aliphatic rings. The van der Waals surface area contributed by atoms with E-state index in [1.807, 2.05) is 12.1 Å². The molecule has 1 unspecified atom stereocenters. The number of benzene rings is 1. The lowest BCUT2D eigenvalue weighted by molar-refractivity contribution is 0.251. The molecule has 1 atom stereocenters. The molecule has 1 aromatic carbocycles. The van der Waals surface area contributed by atoms with Crippen LogP contribution in [0.25, 0.3) is 0 Å². The van der Waals surface area contributed by atoms with E-state index in [0.29, 0.717) is 0 Å². The monoisotopic (exact) mass is 264 g/mol. The van der Waals surface area contributed by atoms with Gasteiger partial charge >= 0.3 is 0 Å². The summed E-state index contributed by atoms with van der Waals surface area (Å²) < 4.78 is 5.24. The molecule has 3 nitrogen and oxygen atoms in total. The van der Waals surface area contributed by atoms with Crippen molar-refractivity contribution in [2.45, 2.75) is 39.8 Å². The summed E-state index contributed by atoms with van der Waals surface area (Å²) in [4.78, 5) is 2.31. The molecule has 0 saturated heterocycles. The Balaban J connectivity index is 2.44. The quantitative estimate of drug-likeness (QED) is 0.858. The summed E-state index contributed by atoms with van der Waals surface area (Å²) >= 11 is 0. The van der Waals surface area contributed by atoms with Crippen molar-refractivity contribution >= 4 is 0 Å². The van der Waals surface area contributed by atoms with Gasteiger partial charge in [-0.3, -0.25) is 0 Å². The van der Waals surface area contributed by atoms with Crippen molar-refractivity contribution in [2.24, 2.45) is 11.1 Å². The van der Waals surface area contributed by atoms with Gasteiger partial charge in [-0.25, -0.2) is 0 Å². The fourth-order valence-electron chi connectivity index (χ4n) is 1.95. The van der Waals surface area contributed by atoms with Gasteiger partial charge in [-0.15, -0.1) is 0 Å². The standard InChI is InChI=1S/C16H28N2O/c1-16(2,3)15(17)9-10-18(4)12-13-7-6-8-14(11-13)19-5/h6-8,11,15H,9-10,12,17H2,1-5H3. The summed E-state index contributed by atoms with van der Waals surface area (Å²) in [6, 6.07) is 8.45. The van der Waals surface area contributed by atoms with Crippen molar-refractivity contribution in [1.82, 2.24) is 4.90 Å². The summed E-state index contributed by atoms with van der Waals surface area (Å²) in [6.45, 7) is 8.52. The van der Waals surface area contributed by atoms with E-state index in [1.165, 1.54) is 5.56 Å². The van der Waals surface area contributed by atoms with E-state index in [0.717, 1.165) is 25.3 Å². The number of methoxy groups -OCH3 is 1. The van der Waals surface area contributed by atoms with E-state index >= 15 is 0 Å². The molecule has 2 N–H and O–H groups in total. The zero-order valence-electron chi connectivity index (χ0n) is 12.9. The molecule has 108 valence electrons. The highest BCUT2D eigenvalue weighted by molar-refractivity contribution is 5.28. The van der Waals surface area contributed by atoms with Gasteiger partial charge < -0.3 is 15.4 Å². The largest absolute Gasteiger partial charge is 0.497 e.